The van der Waals surface area contributed by atoms with Crippen LogP contribution in [0.1, 0.15) is 5.56 Å². The number of aromatic nitrogens is 1. The lowest BCUT2D eigenvalue weighted by Crippen LogP contribution is -2.47. The van der Waals surface area contributed by atoms with Crippen molar-refractivity contribution < 1.29 is 13.2 Å². The van der Waals surface area contributed by atoms with Gasteiger partial charge in [-0.1, -0.05) is 18.2 Å². The molecule has 1 aromatic heterocycles. The molecule has 0 aliphatic carbocycles. The second-order valence-electron chi connectivity index (χ2n) is 7.30. The maximum absolute atomic E-state index is 13.2. The standard InChI is InChI=1S/C19H21N3O3S/c23-26(24)19-16(11-22(26)15-4-2-1-3-5-15)17-12-21(13-18(19)25-17)10-14-6-8-20-9-7-14/h1-9,16-19H,10-13H2/t16-,17-,18-,19+/m1/s1. The lowest BCUT2D eigenvalue weighted by Gasteiger charge is -2.34. The summed E-state index contributed by atoms with van der Waals surface area (Å²) in [6.07, 6.45) is 3.31. The van der Waals surface area contributed by atoms with Crippen LogP contribution in [0.3, 0.4) is 0 Å². The van der Waals surface area contributed by atoms with Crippen LogP contribution in [0.4, 0.5) is 5.69 Å². The van der Waals surface area contributed by atoms with Crippen molar-refractivity contribution in [2.24, 2.45) is 5.92 Å². The highest BCUT2D eigenvalue weighted by Crippen LogP contribution is 2.44. The molecule has 3 aliphatic heterocycles. The van der Waals surface area contributed by atoms with E-state index in [1.54, 1.807) is 16.7 Å². The third kappa shape index (κ3) is 2.53. The number of rotatable bonds is 3. The molecule has 0 saturated carbocycles. The van der Waals surface area contributed by atoms with Crippen molar-refractivity contribution in [1.29, 1.82) is 0 Å². The molecule has 3 aliphatic rings. The number of anilines is 1. The highest BCUT2D eigenvalue weighted by molar-refractivity contribution is 7.93. The van der Waals surface area contributed by atoms with E-state index in [0.717, 1.165) is 18.8 Å². The Morgan fingerprint density at radius 1 is 1.00 bits per heavy atom. The molecule has 0 spiro atoms. The number of hydrogen-bond acceptors (Lipinski definition) is 5. The molecular formula is C19H21N3O3S. The second-order valence-corrected chi connectivity index (χ2v) is 9.32. The fraction of sp³-hybridized carbons (Fsp3) is 0.421. The van der Waals surface area contributed by atoms with Gasteiger partial charge in [0, 0.05) is 44.5 Å². The summed E-state index contributed by atoms with van der Waals surface area (Å²) in [5.74, 6) is 0.0349. The second kappa shape index (κ2) is 6.04. The maximum atomic E-state index is 13.2. The topological polar surface area (TPSA) is 62.7 Å². The molecule has 4 atom stereocenters. The van der Waals surface area contributed by atoms with Gasteiger partial charge >= 0.3 is 0 Å². The van der Waals surface area contributed by atoms with Gasteiger partial charge < -0.3 is 4.74 Å². The third-order valence-electron chi connectivity index (χ3n) is 5.72. The van der Waals surface area contributed by atoms with E-state index in [2.05, 4.69) is 9.88 Å². The van der Waals surface area contributed by atoms with Crippen molar-refractivity contribution in [3.63, 3.8) is 0 Å². The molecule has 7 heteroatoms. The van der Waals surface area contributed by atoms with Crippen LogP contribution in [0.15, 0.2) is 54.9 Å². The van der Waals surface area contributed by atoms with Crippen molar-refractivity contribution in [1.82, 2.24) is 9.88 Å². The van der Waals surface area contributed by atoms with Gasteiger partial charge in [0.1, 0.15) is 5.25 Å². The number of fused-ring (bicyclic) bond motifs is 5. The Hall–Kier alpha value is -1.96. The Morgan fingerprint density at radius 2 is 1.73 bits per heavy atom. The summed E-state index contributed by atoms with van der Waals surface area (Å²) in [4.78, 5) is 6.37. The predicted octanol–water partition coefficient (Wildman–Crippen LogP) is 1.50. The SMILES string of the molecule is O=S1(=O)[C@H]2[C@H](CN1c1ccccc1)[C@H]1CN(Cc3ccncc3)C[C@H]2O1. The number of morpholine rings is 1. The molecule has 4 heterocycles. The summed E-state index contributed by atoms with van der Waals surface area (Å²) in [6, 6.07) is 13.4. The average molecular weight is 371 g/mol. The smallest absolute Gasteiger partial charge is 0.241 e. The first-order chi connectivity index (χ1) is 12.6. The first kappa shape index (κ1) is 16.2. The molecule has 0 unspecified atom stereocenters. The molecule has 0 radical (unpaired) electrons. The fourth-order valence-corrected chi connectivity index (χ4v) is 6.92. The zero-order chi connectivity index (χ0) is 17.7. The summed E-state index contributed by atoms with van der Waals surface area (Å²) in [5.41, 5.74) is 1.95. The molecule has 2 aromatic rings. The fourth-order valence-electron chi connectivity index (χ4n) is 4.60. The van der Waals surface area contributed by atoms with E-state index < -0.39 is 15.3 Å². The number of pyridine rings is 1. The summed E-state index contributed by atoms with van der Waals surface area (Å²) < 4.78 is 34.1. The highest BCUT2D eigenvalue weighted by atomic mass is 32.2. The first-order valence-corrected chi connectivity index (χ1v) is 10.5. The Labute approximate surface area is 153 Å². The number of likely N-dealkylation sites (tertiary alicyclic amines) is 1. The summed E-state index contributed by atoms with van der Waals surface area (Å²) >= 11 is 0. The van der Waals surface area contributed by atoms with Gasteiger partial charge in [-0.2, -0.15) is 0 Å². The Morgan fingerprint density at radius 3 is 2.50 bits per heavy atom. The molecule has 0 N–H and O–H groups in total. The van der Waals surface area contributed by atoms with Crippen LogP contribution in [0.2, 0.25) is 0 Å². The quantitative estimate of drug-likeness (QED) is 0.818. The average Bonchev–Trinajstić information content (AvgIpc) is 3.08. The van der Waals surface area contributed by atoms with E-state index in [9.17, 15) is 8.42 Å². The summed E-state index contributed by atoms with van der Waals surface area (Å²) in [7, 11) is -3.40. The summed E-state index contributed by atoms with van der Waals surface area (Å²) in [5, 5.41) is -0.435. The third-order valence-corrected chi connectivity index (χ3v) is 8.03. The largest absolute Gasteiger partial charge is 0.370 e. The van der Waals surface area contributed by atoms with E-state index in [1.807, 2.05) is 42.5 Å². The molecular weight excluding hydrogens is 350 g/mol. The van der Waals surface area contributed by atoms with E-state index in [0.29, 0.717) is 13.1 Å². The van der Waals surface area contributed by atoms with Crippen molar-refractivity contribution in [3.05, 3.63) is 60.4 Å². The molecule has 26 heavy (non-hydrogen) atoms. The lowest BCUT2D eigenvalue weighted by atomic mass is 10.00. The van der Waals surface area contributed by atoms with Crippen LogP contribution in [-0.2, 0) is 21.3 Å². The Kier molecular flexibility index (Phi) is 3.77. The van der Waals surface area contributed by atoms with E-state index >= 15 is 0 Å². The minimum absolute atomic E-state index is 0.0240. The van der Waals surface area contributed by atoms with Crippen LogP contribution in [-0.4, -0.2) is 55.4 Å². The molecule has 1 aromatic carbocycles. The molecule has 6 nitrogen and oxygen atoms in total. The number of ether oxygens (including phenoxy) is 1. The van der Waals surface area contributed by atoms with E-state index in [-0.39, 0.29) is 18.1 Å². The van der Waals surface area contributed by atoms with Crippen LogP contribution in [0, 0.1) is 5.92 Å². The molecule has 3 saturated heterocycles. The minimum Gasteiger partial charge on any atom is -0.370 e. The molecule has 2 bridgehead atoms. The van der Waals surface area contributed by atoms with Crippen LogP contribution in [0.5, 0.6) is 0 Å². The van der Waals surface area contributed by atoms with Gasteiger partial charge in [-0.3, -0.25) is 14.2 Å². The number of benzene rings is 1. The number of hydrogen-bond donors (Lipinski definition) is 0. The van der Waals surface area contributed by atoms with Gasteiger partial charge in [-0.25, -0.2) is 8.42 Å². The predicted molar refractivity (Wildman–Crippen MR) is 98.2 cm³/mol. The van der Waals surface area contributed by atoms with Gasteiger partial charge in [-0.15, -0.1) is 0 Å². The van der Waals surface area contributed by atoms with Gasteiger partial charge in [0.05, 0.1) is 17.9 Å². The zero-order valence-electron chi connectivity index (χ0n) is 14.3. The van der Waals surface area contributed by atoms with Crippen molar-refractivity contribution in [2.45, 2.75) is 24.0 Å². The zero-order valence-corrected chi connectivity index (χ0v) is 15.1. The van der Waals surface area contributed by atoms with Crippen LogP contribution >= 0.6 is 0 Å². The highest BCUT2D eigenvalue weighted by Gasteiger charge is 2.60. The molecule has 136 valence electrons. The van der Waals surface area contributed by atoms with E-state index in [1.165, 1.54) is 5.56 Å². The van der Waals surface area contributed by atoms with Gasteiger partial charge in [-0.05, 0) is 29.8 Å². The van der Waals surface area contributed by atoms with Gasteiger partial charge in [0.15, 0.2) is 0 Å². The van der Waals surface area contributed by atoms with Crippen LogP contribution < -0.4 is 4.31 Å². The molecule has 5 rings (SSSR count). The maximum Gasteiger partial charge on any atom is 0.241 e. The van der Waals surface area contributed by atoms with Crippen molar-refractivity contribution in [2.75, 3.05) is 23.9 Å². The van der Waals surface area contributed by atoms with E-state index in [4.69, 9.17) is 4.74 Å². The molecule has 0 amide bonds. The monoisotopic (exact) mass is 371 g/mol. The first-order valence-electron chi connectivity index (χ1n) is 8.96. The Balaban J connectivity index is 1.38. The van der Waals surface area contributed by atoms with Gasteiger partial charge in [0.25, 0.3) is 0 Å². The number of nitrogens with zero attached hydrogens (tertiary/aromatic N) is 3. The normalized spacial score (nSPS) is 32.5. The summed E-state index contributed by atoms with van der Waals surface area (Å²) in [6.45, 7) is 2.75. The molecule has 3 fully saturated rings. The van der Waals surface area contributed by atoms with Crippen molar-refractivity contribution in [3.8, 4) is 0 Å². The van der Waals surface area contributed by atoms with Gasteiger partial charge in [0.2, 0.25) is 10.0 Å². The minimum atomic E-state index is -3.40. The lowest BCUT2D eigenvalue weighted by molar-refractivity contribution is -0.0485. The Bertz CT molecular complexity index is 891. The van der Waals surface area contributed by atoms with Crippen LogP contribution in [0.25, 0.3) is 0 Å². The number of para-hydroxylation sites is 1. The number of sulfonamides is 1. The van der Waals surface area contributed by atoms with Crippen molar-refractivity contribution >= 4 is 15.7 Å².